The third-order valence-corrected chi connectivity index (χ3v) is 3.06. The van der Waals surface area contributed by atoms with Gasteiger partial charge in [0.1, 0.15) is 6.10 Å². The zero-order chi connectivity index (χ0) is 13.8. The van der Waals surface area contributed by atoms with Crippen molar-refractivity contribution in [3.05, 3.63) is 48.6 Å². The van der Waals surface area contributed by atoms with Gasteiger partial charge in [-0.25, -0.2) is 8.78 Å². The maximum absolute atomic E-state index is 13.7. The van der Waals surface area contributed by atoms with Crippen LogP contribution in [0, 0.1) is 5.41 Å². The van der Waals surface area contributed by atoms with Crippen molar-refractivity contribution in [2.75, 3.05) is 0 Å². The molecule has 18 heavy (non-hydrogen) atoms. The molecule has 0 amide bonds. The van der Waals surface area contributed by atoms with Crippen LogP contribution in [-0.2, 0) is 6.42 Å². The van der Waals surface area contributed by atoms with Crippen LogP contribution in [-0.4, -0.2) is 17.1 Å². The van der Waals surface area contributed by atoms with Gasteiger partial charge in [-0.15, -0.1) is 6.58 Å². The average Bonchev–Trinajstić information content (AvgIpc) is 2.28. The van der Waals surface area contributed by atoms with E-state index in [1.807, 2.05) is 30.3 Å². The standard InChI is InChI=1S/C15H20F2O/c1-4-10-15(16,17)13(18)14(2,3)11-12-8-6-5-7-9-12/h4-9,13,18H,1,10-11H2,2-3H3. The Bertz CT molecular complexity index is 385. The lowest BCUT2D eigenvalue weighted by Crippen LogP contribution is -2.45. The van der Waals surface area contributed by atoms with Crippen molar-refractivity contribution in [1.29, 1.82) is 0 Å². The first-order valence-electron chi connectivity index (χ1n) is 6.00. The van der Waals surface area contributed by atoms with E-state index in [0.29, 0.717) is 6.42 Å². The zero-order valence-electron chi connectivity index (χ0n) is 10.9. The maximum atomic E-state index is 13.7. The highest BCUT2D eigenvalue weighted by Gasteiger charge is 2.46. The van der Waals surface area contributed by atoms with Gasteiger partial charge in [0.25, 0.3) is 5.92 Å². The lowest BCUT2D eigenvalue weighted by molar-refractivity contribution is -0.151. The van der Waals surface area contributed by atoms with Crippen LogP contribution in [0.25, 0.3) is 0 Å². The van der Waals surface area contributed by atoms with Gasteiger partial charge in [-0.1, -0.05) is 50.3 Å². The molecule has 1 nitrogen and oxygen atoms in total. The molecule has 3 heteroatoms. The van der Waals surface area contributed by atoms with E-state index in [2.05, 4.69) is 6.58 Å². The monoisotopic (exact) mass is 254 g/mol. The van der Waals surface area contributed by atoms with Crippen molar-refractivity contribution in [3.8, 4) is 0 Å². The summed E-state index contributed by atoms with van der Waals surface area (Å²) in [6.45, 7) is 6.61. The van der Waals surface area contributed by atoms with Crippen LogP contribution >= 0.6 is 0 Å². The molecule has 0 fully saturated rings. The number of hydrogen-bond donors (Lipinski definition) is 1. The van der Waals surface area contributed by atoms with Gasteiger partial charge in [-0.3, -0.25) is 0 Å². The van der Waals surface area contributed by atoms with E-state index in [1.54, 1.807) is 13.8 Å². The van der Waals surface area contributed by atoms with E-state index in [0.717, 1.165) is 11.6 Å². The van der Waals surface area contributed by atoms with Crippen molar-refractivity contribution in [1.82, 2.24) is 0 Å². The molecule has 100 valence electrons. The molecule has 0 aromatic heterocycles. The summed E-state index contributed by atoms with van der Waals surface area (Å²) in [5.41, 5.74) is 0.0457. The summed E-state index contributed by atoms with van der Waals surface area (Å²) in [7, 11) is 0. The first-order chi connectivity index (χ1) is 8.29. The van der Waals surface area contributed by atoms with Gasteiger partial charge < -0.3 is 5.11 Å². The molecule has 0 aliphatic heterocycles. The Balaban J connectivity index is 2.82. The van der Waals surface area contributed by atoms with E-state index in [-0.39, 0.29) is 0 Å². The Morgan fingerprint density at radius 1 is 1.28 bits per heavy atom. The van der Waals surface area contributed by atoms with Gasteiger partial charge >= 0.3 is 0 Å². The molecular weight excluding hydrogens is 234 g/mol. The summed E-state index contributed by atoms with van der Waals surface area (Å²) in [6.07, 6.45) is -0.654. The highest BCUT2D eigenvalue weighted by molar-refractivity contribution is 5.17. The molecule has 1 aromatic carbocycles. The molecule has 0 saturated carbocycles. The minimum atomic E-state index is -3.14. The first kappa shape index (κ1) is 14.8. The fourth-order valence-corrected chi connectivity index (χ4v) is 2.09. The first-order valence-corrected chi connectivity index (χ1v) is 6.00. The van der Waals surface area contributed by atoms with Crippen LogP contribution < -0.4 is 0 Å². The minimum absolute atomic E-state index is 0.405. The molecule has 0 heterocycles. The van der Waals surface area contributed by atoms with Gasteiger partial charge in [-0.05, 0) is 12.0 Å². The van der Waals surface area contributed by atoms with Gasteiger partial charge in [0.2, 0.25) is 0 Å². The minimum Gasteiger partial charge on any atom is -0.386 e. The predicted octanol–water partition coefficient (Wildman–Crippen LogP) is 3.83. The molecule has 0 bridgehead atoms. The smallest absolute Gasteiger partial charge is 0.277 e. The summed E-state index contributed by atoms with van der Waals surface area (Å²) >= 11 is 0. The largest absolute Gasteiger partial charge is 0.386 e. The second-order valence-electron chi connectivity index (χ2n) is 5.31. The van der Waals surface area contributed by atoms with Gasteiger partial charge in [-0.2, -0.15) is 0 Å². The quantitative estimate of drug-likeness (QED) is 0.765. The SMILES string of the molecule is C=CCC(F)(F)C(O)C(C)(C)Cc1ccccc1. The van der Waals surface area contributed by atoms with Crippen molar-refractivity contribution >= 4 is 0 Å². The van der Waals surface area contributed by atoms with E-state index < -0.39 is 23.9 Å². The normalized spacial score (nSPS) is 14.3. The summed E-state index contributed by atoms with van der Waals surface area (Å²) in [5.74, 6) is -3.14. The third kappa shape index (κ3) is 3.64. The number of benzene rings is 1. The summed E-state index contributed by atoms with van der Waals surface area (Å²) in [6, 6.07) is 9.35. The highest BCUT2D eigenvalue weighted by atomic mass is 19.3. The Morgan fingerprint density at radius 2 is 1.83 bits per heavy atom. The number of alkyl halides is 2. The van der Waals surface area contributed by atoms with Crippen LogP contribution in [0.15, 0.2) is 43.0 Å². The fraction of sp³-hybridized carbons (Fsp3) is 0.467. The molecule has 0 radical (unpaired) electrons. The van der Waals surface area contributed by atoms with Crippen molar-refractivity contribution in [3.63, 3.8) is 0 Å². The van der Waals surface area contributed by atoms with Crippen LogP contribution in [0.3, 0.4) is 0 Å². The second kappa shape index (κ2) is 5.61. The van der Waals surface area contributed by atoms with Crippen LogP contribution in [0.2, 0.25) is 0 Å². The maximum Gasteiger partial charge on any atom is 0.277 e. The second-order valence-corrected chi connectivity index (χ2v) is 5.31. The fourth-order valence-electron chi connectivity index (χ4n) is 2.09. The van der Waals surface area contributed by atoms with Gasteiger partial charge in [0.15, 0.2) is 0 Å². The Kier molecular flexibility index (Phi) is 4.63. The van der Waals surface area contributed by atoms with E-state index in [4.69, 9.17) is 0 Å². The molecule has 1 aromatic rings. The lowest BCUT2D eigenvalue weighted by Gasteiger charge is -2.35. The molecule has 0 aliphatic carbocycles. The number of aliphatic hydroxyl groups is 1. The molecular formula is C15H20F2O. The number of aliphatic hydroxyl groups excluding tert-OH is 1. The average molecular weight is 254 g/mol. The Hall–Kier alpha value is -1.22. The Morgan fingerprint density at radius 3 is 2.33 bits per heavy atom. The van der Waals surface area contributed by atoms with Gasteiger partial charge in [0.05, 0.1) is 0 Å². The molecule has 1 atom stereocenters. The molecule has 0 saturated heterocycles. The number of halogens is 2. The van der Waals surface area contributed by atoms with E-state index in [1.165, 1.54) is 0 Å². The zero-order valence-corrected chi connectivity index (χ0v) is 10.9. The highest BCUT2D eigenvalue weighted by Crippen LogP contribution is 2.37. The van der Waals surface area contributed by atoms with Crippen LogP contribution in [0.5, 0.6) is 0 Å². The molecule has 0 aliphatic rings. The van der Waals surface area contributed by atoms with Crippen LogP contribution in [0.4, 0.5) is 8.78 Å². The predicted molar refractivity (Wildman–Crippen MR) is 69.7 cm³/mol. The van der Waals surface area contributed by atoms with Crippen LogP contribution in [0.1, 0.15) is 25.8 Å². The number of allylic oxidation sites excluding steroid dienone is 1. The number of hydrogen-bond acceptors (Lipinski definition) is 1. The lowest BCUT2D eigenvalue weighted by atomic mass is 9.77. The molecule has 1 N–H and O–H groups in total. The molecule has 1 unspecified atom stereocenters. The number of rotatable bonds is 6. The van der Waals surface area contributed by atoms with Crippen molar-refractivity contribution in [2.24, 2.45) is 5.41 Å². The molecule has 0 spiro atoms. The Labute approximate surface area is 107 Å². The van der Waals surface area contributed by atoms with E-state index in [9.17, 15) is 13.9 Å². The summed E-state index contributed by atoms with van der Waals surface area (Å²) < 4.78 is 27.4. The summed E-state index contributed by atoms with van der Waals surface area (Å²) in [5, 5.41) is 9.90. The van der Waals surface area contributed by atoms with Crippen molar-refractivity contribution < 1.29 is 13.9 Å². The van der Waals surface area contributed by atoms with Crippen molar-refractivity contribution in [2.45, 2.75) is 38.7 Å². The van der Waals surface area contributed by atoms with E-state index >= 15 is 0 Å². The molecule has 1 rings (SSSR count). The third-order valence-electron chi connectivity index (χ3n) is 3.06. The van der Waals surface area contributed by atoms with Gasteiger partial charge in [0, 0.05) is 11.8 Å². The topological polar surface area (TPSA) is 20.2 Å². The summed E-state index contributed by atoms with van der Waals surface area (Å²) in [4.78, 5) is 0.